The van der Waals surface area contributed by atoms with Crippen molar-refractivity contribution in [1.82, 2.24) is 15.0 Å². The van der Waals surface area contributed by atoms with Crippen LogP contribution in [0.1, 0.15) is 20.9 Å². The zero-order valence-electron chi connectivity index (χ0n) is 16.1. The second-order valence-corrected chi connectivity index (χ2v) is 7.61. The summed E-state index contributed by atoms with van der Waals surface area (Å²) in [5.41, 5.74) is 3.35. The molecule has 0 aliphatic carbocycles. The summed E-state index contributed by atoms with van der Waals surface area (Å²) in [6.45, 7) is 3.51. The highest BCUT2D eigenvalue weighted by molar-refractivity contribution is 7.17. The van der Waals surface area contributed by atoms with Gasteiger partial charge in [-0.1, -0.05) is 6.07 Å². The highest BCUT2D eigenvalue weighted by Gasteiger charge is 2.18. The SMILES string of the molecule is Cc1ccc(F)c(Oc2ccc(-c3nc(C)c(C(=O)O)s3)cc2-c2cncnc2)c1. The van der Waals surface area contributed by atoms with Crippen molar-refractivity contribution in [2.45, 2.75) is 13.8 Å². The molecule has 0 spiro atoms. The first kappa shape index (κ1) is 19.7. The van der Waals surface area contributed by atoms with Gasteiger partial charge in [0.15, 0.2) is 11.6 Å². The Kier molecular flexibility index (Phi) is 5.24. The lowest BCUT2D eigenvalue weighted by molar-refractivity contribution is 0.0701. The largest absolute Gasteiger partial charge is 0.477 e. The van der Waals surface area contributed by atoms with Crippen LogP contribution in [-0.4, -0.2) is 26.0 Å². The van der Waals surface area contributed by atoms with Crippen molar-refractivity contribution >= 4 is 17.3 Å². The number of thiazole rings is 1. The van der Waals surface area contributed by atoms with Crippen LogP contribution in [0, 0.1) is 19.7 Å². The normalized spacial score (nSPS) is 10.8. The molecule has 0 saturated carbocycles. The number of hydrogen-bond donors (Lipinski definition) is 1. The summed E-state index contributed by atoms with van der Waals surface area (Å²) in [6, 6.07) is 9.93. The van der Waals surface area contributed by atoms with Gasteiger partial charge in [-0.3, -0.25) is 0 Å². The zero-order chi connectivity index (χ0) is 21.3. The number of ether oxygens (including phenoxy) is 1. The lowest BCUT2D eigenvalue weighted by Gasteiger charge is -2.13. The van der Waals surface area contributed by atoms with E-state index in [9.17, 15) is 14.3 Å². The predicted molar refractivity (Wildman–Crippen MR) is 111 cm³/mol. The first-order chi connectivity index (χ1) is 14.4. The van der Waals surface area contributed by atoms with Gasteiger partial charge in [-0.2, -0.15) is 0 Å². The summed E-state index contributed by atoms with van der Waals surface area (Å²) in [4.78, 5) is 24.0. The van der Waals surface area contributed by atoms with E-state index in [1.165, 1.54) is 12.4 Å². The minimum atomic E-state index is -1.01. The number of aromatic carboxylic acids is 1. The van der Waals surface area contributed by atoms with E-state index in [2.05, 4.69) is 15.0 Å². The van der Waals surface area contributed by atoms with Crippen LogP contribution in [0.5, 0.6) is 11.5 Å². The molecule has 0 aliphatic rings. The molecule has 2 heterocycles. The monoisotopic (exact) mass is 421 g/mol. The van der Waals surface area contributed by atoms with Gasteiger partial charge >= 0.3 is 5.97 Å². The van der Waals surface area contributed by atoms with Crippen LogP contribution in [0.25, 0.3) is 21.7 Å². The van der Waals surface area contributed by atoms with Gasteiger partial charge in [-0.25, -0.2) is 24.1 Å². The summed E-state index contributed by atoms with van der Waals surface area (Å²) in [5, 5.41) is 9.88. The second-order valence-electron chi connectivity index (χ2n) is 6.61. The standard InChI is InChI=1S/C22H16FN3O3S/c1-12-3-5-17(23)19(7-12)29-18-6-4-14(8-16(18)15-9-24-11-25-10-15)21-26-13(2)20(30-21)22(27)28/h3-11H,1-2H3,(H,27,28). The average Bonchev–Trinajstić information content (AvgIpc) is 3.13. The molecule has 150 valence electrons. The van der Waals surface area contributed by atoms with Gasteiger partial charge in [0, 0.05) is 29.1 Å². The molecule has 0 amide bonds. The number of carbonyl (C=O) groups is 1. The number of aromatic nitrogens is 3. The number of benzene rings is 2. The quantitative estimate of drug-likeness (QED) is 0.457. The van der Waals surface area contributed by atoms with Gasteiger partial charge in [0.05, 0.1) is 5.69 Å². The molecule has 4 aromatic rings. The molecule has 6 nitrogen and oxygen atoms in total. The molecule has 0 atom stereocenters. The molecule has 30 heavy (non-hydrogen) atoms. The Labute approximate surface area is 175 Å². The molecule has 0 radical (unpaired) electrons. The Balaban J connectivity index is 1.82. The Hall–Kier alpha value is -3.65. The van der Waals surface area contributed by atoms with E-state index in [0.717, 1.165) is 16.9 Å². The molecular formula is C22H16FN3O3S. The number of carboxylic acid groups (broad SMARTS) is 1. The molecule has 0 aliphatic heterocycles. The van der Waals surface area contributed by atoms with Crippen LogP contribution in [0.2, 0.25) is 0 Å². The Bertz CT molecular complexity index is 1240. The Morgan fingerprint density at radius 3 is 2.50 bits per heavy atom. The van der Waals surface area contributed by atoms with Crippen molar-refractivity contribution in [3.63, 3.8) is 0 Å². The summed E-state index contributed by atoms with van der Waals surface area (Å²) in [7, 11) is 0. The van der Waals surface area contributed by atoms with Crippen molar-refractivity contribution in [3.05, 3.63) is 77.1 Å². The number of hydrogen-bond acceptors (Lipinski definition) is 6. The second kappa shape index (κ2) is 8.00. The highest BCUT2D eigenvalue weighted by Crippen LogP contribution is 2.38. The molecule has 0 unspecified atom stereocenters. The van der Waals surface area contributed by atoms with E-state index in [-0.39, 0.29) is 10.6 Å². The van der Waals surface area contributed by atoms with Crippen molar-refractivity contribution in [2.75, 3.05) is 0 Å². The van der Waals surface area contributed by atoms with Crippen molar-refractivity contribution in [3.8, 4) is 33.2 Å². The van der Waals surface area contributed by atoms with E-state index >= 15 is 0 Å². The summed E-state index contributed by atoms with van der Waals surface area (Å²) in [6.07, 6.45) is 4.67. The summed E-state index contributed by atoms with van der Waals surface area (Å²) < 4.78 is 20.1. The molecule has 8 heteroatoms. The summed E-state index contributed by atoms with van der Waals surface area (Å²) >= 11 is 1.10. The molecular weight excluding hydrogens is 405 g/mol. The van der Waals surface area contributed by atoms with E-state index in [1.807, 2.05) is 13.0 Å². The molecule has 0 fully saturated rings. The third kappa shape index (κ3) is 3.90. The fraction of sp³-hybridized carbons (Fsp3) is 0.0909. The number of halogens is 1. The number of nitrogens with zero attached hydrogens (tertiary/aromatic N) is 3. The van der Waals surface area contributed by atoms with Gasteiger partial charge in [-0.05, 0) is 49.7 Å². The Morgan fingerprint density at radius 1 is 1.03 bits per heavy atom. The summed E-state index contributed by atoms with van der Waals surface area (Å²) in [5.74, 6) is -0.951. The number of aryl methyl sites for hydroxylation is 2. The minimum absolute atomic E-state index is 0.110. The third-order valence-corrected chi connectivity index (χ3v) is 5.59. The fourth-order valence-corrected chi connectivity index (χ4v) is 3.84. The topological polar surface area (TPSA) is 85.2 Å². The highest BCUT2D eigenvalue weighted by atomic mass is 32.1. The van der Waals surface area contributed by atoms with Gasteiger partial charge in [-0.15, -0.1) is 11.3 Å². The van der Waals surface area contributed by atoms with Gasteiger partial charge in [0.25, 0.3) is 0 Å². The van der Waals surface area contributed by atoms with Crippen LogP contribution in [0.4, 0.5) is 4.39 Å². The smallest absolute Gasteiger partial charge is 0.347 e. The Morgan fingerprint density at radius 2 is 1.80 bits per heavy atom. The van der Waals surface area contributed by atoms with Gasteiger partial charge < -0.3 is 9.84 Å². The van der Waals surface area contributed by atoms with Crippen molar-refractivity contribution in [2.24, 2.45) is 0 Å². The molecule has 0 bridgehead atoms. The number of rotatable bonds is 5. The van der Waals surface area contributed by atoms with Crippen molar-refractivity contribution in [1.29, 1.82) is 0 Å². The number of carboxylic acids is 1. The lowest BCUT2D eigenvalue weighted by Crippen LogP contribution is -1.94. The molecule has 0 saturated heterocycles. The van der Waals surface area contributed by atoms with E-state index in [1.54, 1.807) is 43.6 Å². The third-order valence-electron chi connectivity index (χ3n) is 4.40. The minimum Gasteiger partial charge on any atom is -0.477 e. The molecule has 2 aromatic heterocycles. The average molecular weight is 421 g/mol. The van der Waals surface area contributed by atoms with E-state index < -0.39 is 11.8 Å². The zero-order valence-corrected chi connectivity index (χ0v) is 16.9. The van der Waals surface area contributed by atoms with Crippen LogP contribution in [-0.2, 0) is 0 Å². The van der Waals surface area contributed by atoms with Crippen LogP contribution < -0.4 is 4.74 Å². The molecule has 1 N–H and O–H groups in total. The molecule has 2 aromatic carbocycles. The van der Waals surface area contributed by atoms with Crippen molar-refractivity contribution < 1.29 is 19.0 Å². The van der Waals surface area contributed by atoms with Gasteiger partial charge in [0.1, 0.15) is 22.0 Å². The first-order valence-electron chi connectivity index (χ1n) is 8.97. The maximum Gasteiger partial charge on any atom is 0.347 e. The first-order valence-corrected chi connectivity index (χ1v) is 9.78. The van der Waals surface area contributed by atoms with Crippen LogP contribution >= 0.6 is 11.3 Å². The predicted octanol–water partition coefficient (Wildman–Crippen LogP) is 5.51. The lowest BCUT2D eigenvalue weighted by atomic mass is 10.0. The maximum absolute atomic E-state index is 14.2. The van der Waals surface area contributed by atoms with Crippen LogP contribution in [0.3, 0.4) is 0 Å². The maximum atomic E-state index is 14.2. The van der Waals surface area contributed by atoms with Gasteiger partial charge in [0.2, 0.25) is 0 Å². The van der Waals surface area contributed by atoms with E-state index in [4.69, 9.17) is 4.74 Å². The fourth-order valence-electron chi connectivity index (χ4n) is 2.94. The van der Waals surface area contributed by atoms with E-state index in [0.29, 0.717) is 33.1 Å². The van der Waals surface area contributed by atoms with Crippen LogP contribution in [0.15, 0.2) is 55.1 Å². The molecule has 4 rings (SSSR count).